The van der Waals surface area contributed by atoms with Crippen LogP contribution in [0.3, 0.4) is 0 Å². The molecule has 2 N–H and O–H groups in total. The van der Waals surface area contributed by atoms with E-state index in [0.29, 0.717) is 17.2 Å². The lowest BCUT2D eigenvalue weighted by atomic mass is 9.87. The van der Waals surface area contributed by atoms with E-state index in [0.717, 1.165) is 30.0 Å². The van der Waals surface area contributed by atoms with Crippen LogP contribution in [0.4, 0.5) is 5.69 Å². The van der Waals surface area contributed by atoms with E-state index in [4.69, 9.17) is 9.15 Å². The minimum Gasteiger partial charge on any atom is -0.497 e. The number of benzene rings is 2. The fraction of sp³-hybridized carbons (Fsp3) is 0.370. The van der Waals surface area contributed by atoms with Gasteiger partial charge in [-0.1, -0.05) is 19.8 Å². The lowest BCUT2D eigenvalue weighted by molar-refractivity contribution is -0.116. The third kappa shape index (κ3) is 7.27. The van der Waals surface area contributed by atoms with Crippen molar-refractivity contribution in [3.63, 3.8) is 0 Å². The van der Waals surface area contributed by atoms with E-state index in [-0.39, 0.29) is 28.3 Å². The van der Waals surface area contributed by atoms with Crippen molar-refractivity contribution < 1.29 is 31.1 Å². The Balaban J connectivity index is 1.55. The van der Waals surface area contributed by atoms with Crippen molar-refractivity contribution >= 4 is 31.6 Å². The molecule has 3 atom stereocenters. The maximum absolute atomic E-state index is 13.6. The van der Waals surface area contributed by atoms with Gasteiger partial charge in [0.2, 0.25) is 15.9 Å². The molecule has 39 heavy (non-hydrogen) atoms. The number of carbonyl (C=O) groups is 1. The first-order valence-corrected chi connectivity index (χ1v) is 15.5. The quantitative estimate of drug-likeness (QED) is 0.347. The summed E-state index contributed by atoms with van der Waals surface area (Å²) >= 11 is 0. The van der Waals surface area contributed by atoms with E-state index in [9.17, 15) is 22.0 Å². The van der Waals surface area contributed by atoms with Gasteiger partial charge >= 0.3 is 0 Å². The molecule has 210 valence electrons. The second kappa shape index (κ2) is 12.3. The first-order chi connectivity index (χ1) is 18.6. The summed E-state index contributed by atoms with van der Waals surface area (Å²) in [5, 5.41) is 2.68. The van der Waals surface area contributed by atoms with E-state index in [1.807, 2.05) is 6.92 Å². The van der Waals surface area contributed by atoms with Crippen molar-refractivity contribution in [3.05, 3.63) is 72.7 Å². The maximum atomic E-state index is 13.6. The summed E-state index contributed by atoms with van der Waals surface area (Å²) in [4.78, 5) is 12.7. The largest absolute Gasteiger partial charge is 0.497 e. The molecule has 10 nitrogen and oxygen atoms in total. The van der Waals surface area contributed by atoms with Gasteiger partial charge < -0.3 is 14.5 Å². The van der Waals surface area contributed by atoms with Gasteiger partial charge in [0, 0.05) is 5.69 Å². The van der Waals surface area contributed by atoms with Crippen LogP contribution in [0.2, 0.25) is 0 Å². The summed E-state index contributed by atoms with van der Waals surface area (Å²) < 4.78 is 66.5. The molecule has 0 spiro atoms. The summed E-state index contributed by atoms with van der Waals surface area (Å²) in [5.74, 6) is 0.633. The first kappa shape index (κ1) is 28.8. The Morgan fingerprint density at radius 2 is 1.72 bits per heavy atom. The van der Waals surface area contributed by atoms with E-state index in [1.165, 1.54) is 37.6 Å². The fourth-order valence-electron chi connectivity index (χ4n) is 4.47. The molecule has 0 radical (unpaired) electrons. The van der Waals surface area contributed by atoms with Crippen molar-refractivity contribution in [1.82, 2.24) is 4.31 Å². The Morgan fingerprint density at radius 1 is 1.05 bits per heavy atom. The predicted octanol–water partition coefficient (Wildman–Crippen LogP) is 5.00. The monoisotopic (exact) mass is 575 g/mol. The smallest absolute Gasteiger partial charge is 0.243 e. The third-order valence-corrected chi connectivity index (χ3v) is 9.97. The van der Waals surface area contributed by atoms with Crippen molar-refractivity contribution in [3.8, 4) is 5.75 Å². The second-order valence-electron chi connectivity index (χ2n) is 9.53. The van der Waals surface area contributed by atoms with Gasteiger partial charge in [-0.25, -0.2) is 17.0 Å². The molecule has 4 rings (SSSR count). The molecule has 1 aliphatic carbocycles. The predicted molar refractivity (Wildman–Crippen MR) is 147 cm³/mol. The first-order valence-electron chi connectivity index (χ1n) is 12.6. The Labute approximate surface area is 229 Å². The fourth-order valence-corrected chi connectivity index (χ4v) is 7.13. The van der Waals surface area contributed by atoms with Gasteiger partial charge in [0.15, 0.2) is 10.0 Å². The van der Waals surface area contributed by atoms with Crippen molar-refractivity contribution in [2.24, 2.45) is 10.3 Å². The van der Waals surface area contributed by atoms with Crippen LogP contribution >= 0.6 is 0 Å². The molecule has 1 aromatic heterocycles. The highest BCUT2D eigenvalue weighted by molar-refractivity contribution is 7.89. The minimum atomic E-state index is -4.19. The molecule has 0 aliphatic heterocycles. The topological polar surface area (TPSA) is 139 Å². The van der Waals surface area contributed by atoms with Gasteiger partial charge in [-0.3, -0.25) is 9.35 Å². The normalized spacial score (nSPS) is 19.3. The average molecular weight is 576 g/mol. The average Bonchev–Trinajstić information content (AvgIpc) is 3.43. The van der Waals surface area contributed by atoms with Gasteiger partial charge in [0.25, 0.3) is 0 Å². The molecule has 1 unspecified atom stereocenters. The number of amides is 1. The Morgan fingerprint density at radius 3 is 2.33 bits per heavy atom. The highest BCUT2D eigenvalue weighted by atomic mass is 32.2. The van der Waals surface area contributed by atoms with Crippen molar-refractivity contribution in [1.29, 1.82) is 0 Å². The van der Waals surface area contributed by atoms with E-state index in [1.54, 1.807) is 36.4 Å². The molecule has 1 heterocycles. The van der Waals surface area contributed by atoms with E-state index >= 15 is 0 Å². The van der Waals surface area contributed by atoms with Gasteiger partial charge in [0.1, 0.15) is 11.5 Å². The number of furan rings is 1. The van der Waals surface area contributed by atoms with Crippen molar-refractivity contribution in [2.45, 2.75) is 55.0 Å². The summed E-state index contributed by atoms with van der Waals surface area (Å²) in [6.07, 6.45) is 5.17. The van der Waals surface area contributed by atoms with Crippen LogP contribution in [0.25, 0.3) is 0 Å². The SMILES string of the molecule is COc1ccc(NC(=O)CN(Cc2ccco2)S(=O)(=O)c2ccc(S(=O)(O)=N[C@@H]3CCCC[C@H]3C)cc2)cc1. The number of anilines is 1. The molecule has 3 aromatic rings. The number of carbonyl (C=O) groups excluding carboxylic acids is 1. The van der Waals surface area contributed by atoms with Gasteiger partial charge in [-0.2, -0.15) is 4.31 Å². The number of nitrogens with one attached hydrogen (secondary N) is 1. The zero-order valence-corrected chi connectivity index (χ0v) is 23.5. The molecule has 1 amide bonds. The molecule has 1 aliphatic rings. The summed E-state index contributed by atoms with van der Waals surface area (Å²) in [6, 6.07) is 14.8. The molecule has 1 saturated carbocycles. The van der Waals surface area contributed by atoms with Gasteiger partial charge in [-0.05, 0) is 79.4 Å². The molecule has 1 fully saturated rings. The Bertz CT molecular complexity index is 1480. The number of ether oxygens (including phenoxy) is 1. The summed E-state index contributed by atoms with van der Waals surface area (Å²) in [5.41, 5.74) is 0.481. The van der Waals surface area contributed by atoms with Crippen LogP contribution in [0.1, 0.15) is 38.4 Å². The Kier molecular flexibility index (Phi) is 9.11. The van der Waals surface area contributed by atoms with Gasteiger partial charge in [-0.15, -0.1) is 0 Å². The van der Waals surface area contributed by atoms with E-state index < -0.39 is 32.5 Å². The highest BCUT2D eigenvalue weighted by Gasteiger charge is 2.29. The molecule has 12 heteroatoms. The number of hydrogen-bond donors (Lipinski definition) is 2. The van der Waals surface area contributed by atoms with Crippen molar-refractivity contribution in [2.75, 3.05) is 19.0 Å². The van der Waals surface area contributed by atoms with Crippen LogP contribution < -0.4 is 10.1 Å². The molecule has 0 bridgehead atoms. The lowest BCUT2D eigenvalue weighted by Crippen LogP contribution is -2.37. The zero-order valence-electron chi connectivity index (χ0n) is 21.9. The maximum Gasteiger partial charge on any atom is 0.243 e. The van der Waals surface area contributed by atoms with Crippen LogP contribution in [0, 0.1) is 5.92 Å². The lowest BCUT2D eigenvalue weighted by Gasteiger charge is -2.25. The summed E-state index contributed by atoms with van der Waals surface area (Å²) in [6.45, 7) is 1.36. The molecule has 0 saturated heterocycles. The summed E-state index contributed by atoms with van der Waals surface area (Å²) in [7, 11) is -6.35. The number of sulfonamides is 1. The molecule has 2 aromatic carbocycles. The van der Waals surface area contributed by atoms with E-state index in [2.05, 4.69) is 9.68 Å². The molecular weight excluding hydrogens is 542 g/mol. The van der Waals surface area contributed by atoms with Crippen LogP contribution in [-0.2, 0) is 31.4 Å². The Hall–Kier alpha value is -3.19. The second-order valence-corrected chi connectivity index (χ2v) is 13.1. The number of hydrogen-bond acceptors (Lipinski definition) is 7. The van der Waals surface area contributed by atoms with Crippen LogP contribution in [0.15, 0.2) is 85.5 Å². The highest BCUT2D eigenvalue weighted by Crippen LogP contribution is 2.29. The standard InChI is InChI=1S/C27H33N3O7S2/c1-20-6-3-4-8-26(20)29-38(32,33)24-13-15-25(16-14-24)39(34,35)30(18-23-7-5-17-37-23)19-27(31)28-21-9-11-22(36-2)12-10-21/h5,7,9-17,20,26H,3-4,6,8,18-19H2,1-2H3,(H,28,31)(H,29,32,33)/t20-,26-/m1/s1. The van der Waals surface area contributed by atoms with Crippen LogP contribution in [0.5, 0.6) is 5.75 Å². The number of methoxy groups -OCH3 is 1. The minimum absolute atomic E-state index is 0.0362. The zero-order chi connectivity index (χ0) is 28.0. The number of nitrogens with zero attached hydrogens (tertiary/aromatic N) is 2. The molecular formula is C27H33N3O7S2. The third-order valence-electron chi connectivity index (χ3n) is 6.72. The van der Waals surface area contributed by atoms with Crippen LogP contribution in [-0.4, -0.2) is 47.1 Å². The van der Waals surface area contributed by atoms with Gasteiger partial charge in [0.05, 0.1) is 42.3 Å². The number of rotatable bonds is 10.